The van der Waals surface area contributed by atoms with Crippen LogP contribution >= 0.6 is 0 Å². The lowest BCUT2D eigenvalue weighted by Gasteiger charge is -2.18. The molecule has 7 nitrogen and oxygen atoms in total. The van der Waals surface area contributed by atoms with Crippen LogP contribution in [0, 0.1) is 0 Å². The molecule has 3 aromatic heterocycles. The zero-order chi connectivity index (χ0) is 17.2. The number of carbonyl (C=O) groups is 1. The van der Waals surface area contributed by atoms with Gasteiger partial charge in [-0.05, 0) is 32.9 Å². The third-order valence-electron chi connectivity index (χ3n) is 3.33. The normalized spacial score (nSPS) is 11.6. The van der Waals surface area contributed by atoms with Crippen molar-refractivity contribution in [1.29, 1.82) is 0 Å². The number of rotatable bonds is 4. The molecule has 0 saturated carbocycles. The maximum Gasteiger partial charge on any atom is 0.312 e. The Morgan fingerprint density at radius 2 is 1.96 bits per heavy atom. The average molecular weight is 326 g/mol. The minimum Gasteiger partial charge on any atom is -0.460 e. The Labute approximate surface area is 139 Å². The van der Waals surface area contributed by atoms with E-state index in [1.807, 2.05) is 62.0 Å². The van der Waals surface area contributed by atoms with Crippen LogP contribution in [-0.2, 0) is 16.1 Å². The standard InChI is InChI=1S/C17H20N5O2/c1-17(2,3)24-16(23)8-11-21-9-6-13(7-10-21)14-4-5-15-18-12-19-22(15)20-14/h4-7,9-10,12H,8,11H2,1-3H3/q+1. The number of esters is 1. The number of aryl methyl sites for hydroxylation is 1. The number of nitrogens with zero attached hydrogens (tertiary/aromatic N) is 5. The number of hydrogen-bond donors (Lipinski definition) is 0. The topological polar surface area (TPSA) is 73.3 Å². The Morgan fingerprint density at radius 3 is 2.67 bits per heavy atom. The maximum absolute atomic E-state index is 11.8. The molecule has 0 aliphatic carbocycles. The molecule has 3 heterocycles. The van der Waals surface area contributed by atoms with Crippen LogP contribution in [0.3, 0.4) is 0 Å². The molecular weight excluding hydrogens is 306 g/mol. The second-order valence-corrected chi connectivity index (χ2v) is 6.49. The molecule has 0 saturated heterocycles. The quantitative estimate of drug-likeness (QED) is 0.540. The second kappa shape index (κ2) is 6.35. The van der Waals surface area contributed by atoms with Crippen LogP contribution in [0.15, 0.2) is 43.0 Å². The summed E-state index contributed by atoms with van der Waals surface area (Å²) in [6, 6.07) is 7.70. The van der Waals surface area contributed by atoms with Gasteiger partial charge in [0.1, 0.15) is 18.3 Å². The van der Waals surface area contributed by atoms with Gasteiger partial charge in [0.2, 0.25) is 0 Å². The number of pyridine rings is 1. The van der Waals surface area contributed by atoms with E-state index in [9.17, 15) is 4.79 Å². The zero-order valence-corrected chi connectivity index (χ0v) is 14.0. The Balaban J connectivity index is 1.66. The van der Waals surface area contributed by atoms with Crippen molar-refractivity contribution < 1.29 is 14.1 Å². The molecular formula is C17H20N5O2+. The fraction of sp³-hybridized carbons (Fsp3) is 0.353. The van der Waals surface area contributed by atoms with E-state index < -0.39 is 5.60 Å². The molecule has 0 atom stereocenters. The molecule has 0 radical (unpaired) electrons. The monoisotopic (exact) mass is 326 g/mol. The van der Waals surface area contributed by atoms with E-state index in [-0.39, 0.29) is 5.97 Å². The van der Waals surface area contributed by atoms with Crippen LogP contribution in [0.25, 0.3) is 16.9 Å². The smallest absolute Gasteiger partial charge is 0.312 e. The molecule has 3 rings (SSSR count). The Kier molecular flexibility index (Phi) is 4.24. The summed E-state index contributed by atoms with van der Waals surface area (Å²) in [4.78, 5) is 15.8. The first-order valence-corrected chi connectivity index (χ1v) is 7.79. The number of carbonyl (C=O) groups excluding carboxylic acids is 1. The fourth-order valence-electron chi connectivity index (χ4n) is 2.26. The molecule has 0 aromatic carbocycles. The third-order valence-corrected chi connectivity index (χ3v) is 3.33. The number of ether oxygens (including phenoxy) is 1. The number of aromatic nitrogens is 5. The largest absolute Gasteiger partial charge is 0.460 e. The average Bonchev–Trinajstić information content (AvgIpc) is 2.99. The predicted molar refractivity (Wildman–Crippen MR) is 86.9 cm³/mol. The van der Waals surface area contributed by atoms with Gasteiger partial charge in [0.25, 0.3) is 0 Å². The Bertz CT molecular complexity index is 849. The van der Waals surface area contributed by atoms with Gasteiger partial charge in [-0.25, -0.2) is 9.55 Å². The summed E-state index contributed by atoms with van der Waals surface area (Å²) in [6.07, 6.45) is 5.66. The van der Waals surface area contributed by atoms with Crippen molar-refractivity contribution >= 4 is 11.6 Å². The first kappa shape index (κ1) is 16.0. The fourth-order valence-corrected chi connectivity index (χ4v) is 2.26. The summed E-state index contributed by atoms with van der Waals surface area (Å²) >= 11 is 0. The van der Waals surface area contributed by atoms with Gasteiger partial charge in [-0.2, -0.15) is 0 Å². The Hall–Kier alpha value is -2.83. The first-order valence-electron chi connectivity index (χ1n) is 7.79. The summed E-state index contributed by atoms with van der Waals surface area (Å²) < 4.78 is 8.75. The second-order valence-electron chi connectivity index (χ2n) is 6.49. The molecule has 0 amide bonds. The predicted octanol–water partition coefficient (Wildman–Crippen LogP) is 1.81. The minimum absolute atomic E-state index is 0.197. The van der Waals surface area contributed by atoms with Crippen molar-refractivity contribution in [3.8, 4) is 11.3 Å². The van der Waals surface area contributed by atoms with Crippen molar-refractivity contribution in [2.75, 3.05) is 0 Å². The highest BCUT2D eigenvalue weighted by Gasteiger charge is 2.17. The van der Waals surface area contributed by atoms with Crippen molar-refractivity contribution in [2.45, 2.75) is 39.3 Å². The van der Waals surface area contributed by atoms with Crippen molar-refractivity contribution in [3.63, 3.8) is 0 Å². The van der Waals surface area contributed by atoms with E-state index >= 15 is 0 Å². The summed E-state index contributed by atoms with van der Waals surface area (Å²) in [5.74, 6) is -0.197. The van der Waals surface area contributed by atoms with Crippen LogP contribution in [0.5, 0.6) is 0 Å². The van der Waals surface area contributed by atoms with Gasteiger partial charge < -0.3 is 4.74 Å². The van der Waals surface area contributed by atoms with E-state index in [1.165, 1.54) is 11.0 Å². The molecule has 0 spiro atoms. The molecule has 24 heavy (non-hydrogen) atoms. The number of fused-ring (bicyclic) bond motifs is 1. The van der Waals surface area contributed by atoms with Crippen LogP contribution in [-0.4, -0.2) is 31.4 Å². The van der Waals surface area contributed by atoms with Gasteiger partial charge in [0.15, 0.2) is 24.6 Å². The molecule has 0 bridgehead atoms. The summed E-state index contributed by atoms with van der Waals surface area (Å²) in [5, 5.41) is 8.45. The van der Waals surface area contributed by atoms with Crippen LogP contribution < -0.4 is 4.57 Å². The zero-order valence-electron chi connectivity index (χ0n) is 14.0. The van der Waals surface area contributed by atoms with Crippen LogP contribution in [0.2, 0.25) is 0 Å². The molecule has 124 valence electrons. The molecule has 3 aromatic rings. The lowest BCUT2D eigenvalue weighted by molar-refractivity contribution is -0.695. The SMILES string of the molecule is CC(C)(C)OC(=O)CC[n+]1ccc(-c2ccc3ncnn3n2)cc1. The molecule has 0 unspecified atom stereocenters. The van der Waals surface area contributed by atoms with Crippen molar-refractivity contribution in [3.05, 3.63) is 43.0 Å². The van der Waals surface area contributed by atoms with E-state index in [2.05, 4.69) is 15.2 Å². The van der Waals surface area contributed by atoms with Gasteiger partial charge in [-0.1, -0.05) is 0 Å². The molecule has 0 fully saturated rings. The highest BCUT2D eigenvalue weighted by molar-refractivity contribution is 5.69. The Morgan fingerprint density at radius 1 is 1.21 bits per heavy atom. The van der Waals surface area contributed by atoms with Gasteiger partial charge in [-0.15, -0.1) is 14.8 Å². The third kappa shape index (κ3) is 3.92. The van der Waals surface area contributed by atoms with E-state index in [1.54, 1.807) is 0 Å². The molecule has 0 aliphatic rings. The van der Waals surface area contributed by atoms with Gasteiger partial charge in [0, 0.05) is 17.7 Å². The maximum atomic E-state index is 11.8. The van der Waals surface area contributed by atoms with E-state index in [0.29, 0.717) is 18.6 Å². The summed E-state index contributed by atoms with van der Waals surface area (Å²) in [6.45, 7) is 6.17. The molecule has 7 heteroatoms. The lowest BCUT2D eigenvalue weighted by Crippen LogP contribution is -2.35. The summed E-state index contributed by atoms with van der Waals surface area (Å²) in [7, 11) is 0. The minimum atomic E-state index is -0.447. The van der Waals surface area contributed by atoms with Gasteiger partial charge in [-0.3, -0.25) is 4.79 Å². The lowest BCUT2D eigenvalue weighted by atomic mass is 10.2. The van der Waals surface area contributed by atoms with E-state index in [4.69, 9.17) is 4.74 Å². The number of hydrogen-bond acceptors (Lipinski definition) is 5. The van der Waals surface area contributed by atoms with Crippen molar-refractivity contribution in [2.24, 2.45) is 0 Å². The molecule has 0 aliphatic heterocycles. The van der Waals surface area contributed by atoms with Crippen LogP contribution in [0.1, 0.15) is 27.2 Å². The van der Waals surface area contributed by atoms with Gasteiger partial charge >= 0.3 is 5.97 Å². The first-order chi connectivity index (χ1) is 11.4. The molecule has 0 N–H and O–H groups in total. The highest BCUT2D eigenvalue weighted by Crippen LogP contribution is 2.14. The van der Waals surface area contributed by atoms with Gasteiger partial charge in [0.05, 0.1) is 5.69 Å². The summed E-state index contributed by atoms with van der Waals surface area (Å²) in [5.41, 5.74) is 2.05. The van der Waals surface area contributed by atoms with Crippen LogP contribution in [0.4, 0.5) is 0 Å². The highest BCUT2D eigenvalue weighted by atomic mass is 16.6. The van der Waals surface area contributed by atoms with E-state index in [0.717, 1.165) is 11.3 Å². The van der Waals surface area contributed by atoms with Crippen molar-refractivity contribution in [1.82, 2.24) is 19.8 Å².